The van der Waals surface area contributed by atoms with Crippen molar-refractivity contribution in [3.8, 4) is 5.75 Å². The Kier molecular flexibility index (Phi) is 4.28. The van der Waals surface area contributed by atoms with E-state index in [-0.39, 0.29) is 11.9 Å². The summed E-state index contributed by atoms with van der Waals surface area (Å²) in [5.41, 5.74) is 1.49. The van der Waals surface area contributed by atoms with Gasteiger partial charge in [0.1, 0.15) is 11.9 Å². The van der Waals surface area contributed by atoms with Crippen molar-refractivity contribution in [1.29, 1.82) is 0 Å². The highest BCUT2D eigenvalue weighted by Gasteiger charge is 2.16. The van der Waals surface area contributed by atoms with Gasteiger partial charge in [-0.25, -0.2) is 4.98 Å². The Balaban J connectivity index is 1.80. The second-order valence-electron chi connectivity index (χ2n) is 5.23. The van der Waals surface area contributed by atoms with Crippen LogP contribution in [-0.2, 0) is 0 Å². The summed E-state index contributed by atoms with van der Waals surface area (Å²) in [6.07, 6.45) is 1.20. The molecule has 3 aromatic rings. The molecule has 0 radical (unpaired) electrons. The monoisotopic (exact) mass is 327 g/mol. The van der Waals surface area contributed by atoms with Crippen molar-refractivity contribution in [2.24, 2.45) is 0 Å². The van der Waals surface area contributed by atoms with Gasteiger partial charge in [0.05, 0.1) is 12.6 Å². The molecule has 8 heteroatoms. The molecule has 1 N–H and O–H groups in total. The normalized spacial score (nSPS) is 12.1. The second-order valence-corrected chi connectivity index (χ2v) is 5.23. The number of imidazole rings is 1. The van der Waals surface area contributed by atoms with Crippen molar-refractivity contribution in [3.05, 3.63) is 58.3 Å². The van der Waals surface area contributed by atoms with Crippen LogP contribution in [0, 0.1) is 10.1 Å². The van der Waals surface area contributed by atoms with Gasteiger partial charge in [-0.3, -0.25) is 0 Å². The van der Waals surface area contributed by atoms with Crippen LogP contribution in [0.3, 0.4) is 0 Å². The van der Waals surface area contributed by atoms with Gasteiger partial charge in [-0.2, -0.15) is 0 Å². The van der Waals surface area contributed by atoms with Crippen molar-refractivity contribution in [1.82, 2.24) is 14.6 Å². The predicted octanol–water partition coefficient (Wildman–Crippen LogP) is 3.21. The summed E-state index contributed by atoms with van der Waals surface area (Å²) in [7, 11) is 0. The van der Waals surface area contributed by atoms with Crippen molar-refractivity contribution in [3.63, 3.8) is 0 Å². The van der Waals surface area contributed by atoms with Gasteiger partial charge in [0.25, 0.3) is 0 Å². The number of nitro groups is 1. The summed E-state index contributed by atoms with van der Waals surface area (Å²) in [6, 6.07) is 11.2. The van der Waals surface area contributed by atoms with E-state index in [2.05, 4.69) is 15.4 Å². The molecule has 0 aliphatic carbocycles. The summed E-state index contributed by atoms with van der Waals surface area (Å²) in [5.74, 6) is 1.19. The number of nitrogens with zero attached hydrogens (tertiary/aromatic N) is 4. The van der Waals surface area contributed by atoms with Crippen molar-refractivity contribution in [2.45, 2.75) is 19.9 Å². The van der Waals surface area contributed by atoms with Crippen LogP contribution in [0.25, 0.3) is 5.65 Å². The number of anilines is 1. The molecular weight excluding hydrogens is 310 g/mol. The quantitative estimate of drug-likeness (QED) is 0.552. The van der Waals surface area contributed by atoms with Gasteiger partial charge in [0.15, 0.2) is 5.82 Å². The Morgan fingerprint density at radius 3 is 2.71 bits per heavy atom. The first-order chi connectivity index (χ1) is 11.6. The topological polar surface area (TPSA) is 94.6 Å². The third kappa shape index (κ3) is 3.12. The number of benzene rings is 1. The van der Waals surface area contributed by atoms with Crippen LogP contribution >= 0.6 is 0 Å². The highest BCUT2D eigenvalue weighted by Crippen LogP contribution is 2.22. The maximum absolute atomic E-state index is 11.0. The number of fused-ring (bicyclic) bond motifs is 1. The molecular formula is C16H17N5O3. The van der Waals surface area contributed by atoms with Crippen molar-refractivity contribution >= 4 is 17.3 Å². The number of hydrogen-bond acceptors (Lipinski definition) is 6. The summed E-state index contributed by atoms with van der Waals surface area (Å²) >= 11 is 0. The Morgan fingerprint density at radius 2 is 2.04 bits per heavy atom. The molecule has 1 unspecified atom stereocenters. The number of ether oxygens (including phenoxy) is 1. The van der Waals surface area contributed by atoms with E-state index < -0.39 is 4.92 Å². The highest BCUT2D eigenvalue weighted by atomic mass is 16.6. The Morgan fingerprint density at radius 1 is 1.29 bits per heavy atom. The van der Waals surface area contributed by atoms with E-state index in [0.717, 1.165) is 11.3 Å². The van der Waals surface area contributed by atoms with Crippen LogP contribution in [0.15, 0.2) is 42.6 Å². The van der Waals surface area contributed by atoms with Crippen LogP contribution in [0.2, 0.25) is 0 Å². The highest BCUT2D eigenvalue weighted by molar-refractivity contribution is 5.49. The molecule has 0 saturated heterocycles. The Hall–Kier alpha value is -3.16. The van der Waals surface area contributed by atoms with Crippen LogP contribution in [0.5, 0.6) is 5.75 Å². The third-order valence-electron chi connectivity index (χ3n) is 3.59. The maximum Gasteiger partial charge on any atom is 0.368 e. The zero-order chi connectivity index (χ0) is 17.1. The molecule has 0 saturated carbocycles. The average molecular weight is 327 g/mol. The van der Waals surface area contributed by atoms with Gasteiger partial charge in [-0.1, -0.05) is 21.7 Å². The Bertz CT molecular complexity index is 860. The fourth-order valence-electron chi connectivity index (χ4n) is 2.39. The van der Waals surface area contributed by atoms with E-state index in [4.69, 9.17) is 4.74 Å². The fraction of sp³-hybridized carbons (Fsp3) is 0.250. The van der Waals surface area contributed by atoms with Gasteiger partial charge in [0, 0.05) is 6.07 Å². The molecule has 2 heterocycles. The van der Waals surface area contributed by atoms with E-state index in [1.165, 1.54) is 10.7 Å². The van der Waals surface area contributed by atoms with Crippen molar-refractivity contribution < 1.29 is 9.66 Å². The third-order valence-corrected chi connectivity index (χ3v) is 3.59. The Labute approximate surface area is 138 Å². The molecule has 1 aromatic carbocycles. The molecule has 0 aliphatic rings. The van der Waals surface area contributed by atoms with Crippen LogP contribution in [0.1, 0.15) is 25.5 Å². The zero-order valence-electron chi connectivity index (χ0n) is 13.3. The summed E-state index contributed by atoms with van der Waals surface area (Å²) in [5, 5.41) is 18.5. The molecule has 3 rings (SSSR count). The molecule has 0 aliphatic heterocycles. The number of nitrogens with one attached hydrogen (secondary N) is 1. The lowest BCUT2D eigenvalue weighted by Gasteiger charge is -2.14. The average Bonchev–Trinajstić information content (AvgIpc) is 2.99. The van der Waals surface area contributed by atoms with Crippen LogP contribution < -0.4 is 10.1 Å². The summed E-state index contributed by atoms with van der Waals surface area (Å²) in [4.78, 5) is 14.4. The second kappa shape index (κ2) is 6.53. The molecule has 2 aromatic heterocycles. The zero-order valence-corrected chi connectivity index (χ0v) is 13.3. The standard InChI is InChI=1S/C16H17N5O3/c1-3-24-13-6-4-12(5-7-13)11(2)18-14-8-9-15-17-10-16(21(22)23)20(15)19-14/h4-11H,3H2,1-2H3,(H,18,19). The lowest BCUT2D eigenvalue weighted by molar-refractivity contribution is -0.391. The lowest BCUT2D eigenvalue weighted by atomic mass is 10.1. The molecule has 0 spiro atoms. The molecule has 8 nitrogen and oxygen atoms in total. The van der Waals surface area contributed by atoms with Gasteiger partial charge >= 0.3 is 5.82 Å². The largest absolute Gasteiger partial charge is 0.494 e. The minimum Gasteiger partial charge on any atom is -0.494 e. The van der Waals surface area contributed by atoms with Gasteiger partial charge in [-0.05, 0) is 42.5 Å². The molecule has 124 valence electrons. The predicted molar refractivity (Wildman–Crippen MR) is 89.3 cm³/mol. The lowest BCUT2D eigenvalue weighted by Crippen LogP contribution is -2.10. The van der Waals surface area contributed by atoms with E-state index in [0.29, 0.717) is 18.1 Å². The molecule has 0 amide bonds. The number of hydrogen-bond donors (Lipinski definition) is 1. The van der Waals surface area contributed by atoms with E-state index >= 15 is 0 Å². The smallest absolute Gasteiger partial charge is 0.368 e. The molecule has 1 atom stereocenters. The minimum atomic E-state index is -0.507. The van der Waals surface area contributed by atoms with Gasteiger partial charge < -0.3 is 20.2 Å². The molecule has 0 fully saturated rings. The fourth-order valence-corrected chi connectivity index (χ4v) is 2.39. The number of rotatable bonds is 6. The molecule has 0 bridgehead atoms. The summed E-state index contributed by atoms with van der Waals surface area (Å²) < 4.78 is 6.64. The molecule has 24 heavy (non-hydrogen) atoms. The van der Waals surface area contributed by atoms with Crippen LogP contribution in [0.4, 0.5) is 11.6 Å². The van der Waals surface area contributed by atoms with E-state index in [1.807, 2.05) is 38.1 Å². The first kappa shape index (κ1) is 15.7. The first-order valence-corrected chi connectivity index (χ1v) is 7.57. The minimum absolute atomic E-state index is 0.0202. The SMILES string of the molecule is CCOc1ccc(C(C)Nc2ccc3ncc([N+](=O)[O-])n3n2)cc1. The summed E-state index contributed by atoms with van der Waals surface area (Å²) in [6.45, 7) is 4.56. The maximum atomic E-state index is 11.0. The van der Waals surface area contributed by atoms with E-state index in [9.17, 15) is 10.1 Å². The van der Waals surface area contributed by atoms with Gasteiger partial charge in [-0.15, -0.1) is 0 Å². The van der Waals surface area contributed by atoms with Crippen molar-refractivity contribution in [2.75, 3.05) is 11.9 Å². The first-order valence-electron chi connectivity index (χ1n) is 7.57. The van der Waals surface area contributed by atoms with Gasteiger partial charge in [0.2, 0.25) is 5.65 Å². The number of aromatic nitrogens is 3. The van der Waals surface area contributed by atoms with E-state index in [1.54, 1.807) is 12.1 Å². The van der Waals surface area contributed by atoms with Crippen LogP contribution in [-0.4, -0.2) is 26.1 Å².